The zero-order chi connectivity index (χ0) is 11.1. The van der Waals surface area contributed by atoms with E-state index < -0.39 is 0 Å². The molecule has 1 aromatic heterocycles. The summed E-state index contributed by atoms with van der Waals surface area (Å²) >= 11 is 0. The molecule has 82 valence electrons. The SMILES string of the molecule is CCCC(O)CNCc1ccc(C#N)o1. The number of nitrogens with one attached hydrogen (secondary N) is 1. The predicted octanol–water partition coefficient (Wildman–Crippen LogP) is 1.40. The van der Waals surface area contributed by atoms with Crippen LogP contribution in [0.2, 0.25) is 0 Å². The summed E-state index contributed by atoms with van der Waals surface area (Å²) in [6.07, 6.45) is 1.47. The second-order valence-electron chi connectivity index (χ2n) is 3.45. The summed E-state index contributed by atoms with van der Waals surface area (Å²) < 4.78 is 5.17. The van der Waals surface area contributed by atoms with Gasteiger partial charge < -0.3 is 14.8 Å². The first-order valence-corrected chi connectivity index (χ1v) is 5.14. The normalized spacial score (nSPS) is 12.3. The lowest BCUT2D eigenvalue weighted by atomic mass is 10.2. The van der Waals surface area contributed by atoms with Gasteiger partial charge in [0.15, 0.2) is 0 Å². The largest absolute Gasteiger partial charge is 0.449 e. The molecule has 15 heavy (non-hydrogen) atoms. The highest BCUT2D eigenvalue weighted by Gasteiger charge is 2.03. The Labute approximate surface area is 89.5 Å². The van der Waals surface area contributed by atoms with E-state index >= 15 is 0 Å². The van der Waals surface area contributed by atoms with Crippen LogP contribution >= 0.6 is 0 Å². The molecule has 1 rings (SSSR count). The summed E-state index contributed by atoms with van der Waals surface area (Å²) in [4.78, 5) is 0. The molecule has 1 unspecified atom stereocenters. The molecule has 0 spiro atoms. The number of nitriles is 1. The van der Waals surface area contributed by atoms with Crippen LogP contribution in [-0.2, 0) is 6.54 Å². The minimum Gasteiger partial charge on any atom is -0.449 e. The van der Waals surface area contributed by atoms with Gasteiger partial charge in [0.25, 0.3) is 0 Å². The molecule has 1 atom stereocenters. The van der Waals surface area contributed by atoms with Crippen LogP contribution in [0.4, 0.5) is 0 Å². The molecule has 0 aliphatic carbocycles. The number of hydrogen-bond donors (Lipinski definition) is 2. The molecule has 0 aliphatic heterocycles. The molecule has 1 heterocycles. The molecule has 0 saturated heterocycles. The second kappa shape index (κ2) is 6.23. The van der Waals surface area contributed by atoms with Gasteiger partial charge in [0.2, 0.25) is 5.76 Å². The van der Waals surface area contributed by atoms with Crippen LogP contribution in [0.25, 0.3) is 0 Å². The fourth-order valence-corrected chi connectivity index (χ4v) is 1.33. The number of aliphatic hydroxyl groups excluding tert-OH is 1. The van der Waals surface area contributed by atoms with E-state index in [4.69, 9.17) is 9.68 Å². The lowest BCUT2D eigenvalue weighted by molar-refractivity contribution is 0.159. The molecule has 4 heteroatoms. The van der Waals surface area contributed by atoms with E-state index in [1.807, 2.05) is 13.0 Å². The molecule has 0 amide bonds. The van der Waals surface area contributed by atoms with E-state index in [2.05, 4.69) is 5.32 Å². The highest BCUT2D eigenvalue weighted by atomic mass is 16.3. The van der Waals surface area contributed by atoms with Gasteiger partial charge in [-0.2, -0.15) is 5.26 Å². The van der Waals surface area contributed by atoms with Gasteiger partial charge in [-0.05, 0) is 18.6 Å². The van der Waals surface area contributed by atoms with Crippen molar-refractivity contribution >= 4 is 0 Å². The number of furan rings is 1. The zero-order valence-electron chi connectivity index (χ0n) is 8.86. The van der Waals surface area contributed by atoms with E-state index in [1.54, 1.807) is 12.1 Å². The van der Waals surface area contributed by atoms with Gasteiger partial charge in [-0.3, -0.25) is 0 Å². The van der Waals surface area contributed by atoms with Gasteiger partial charge in [-0.25, -0.2) is 0 Å². The van der Waals surface area contributed by atoms with E-state index in [9.17, 15) is 5.11 Å². The van der Waals surface area contributed by atoms with E-state index in [0.29, 0.717) is 18.8 Å². The van der Waals surface area contributed by atoms with E-state index in [-0.39, 0.29) is 6.10 Å². The van der Waals surface area contributed by atoms with Gasteiger partial charge >= 0.3 is 0 Å². The summed E-state index contributed by atoms with van der Waals surface area (Å²) in [5.74, 6) is 1.04. The summed E-state index contributed by atoms with van der Waals surface area (Å²) in [6, 6.07) is 5.32. The lowest BCUT2D eigenvalue weighted by Gasteiger charge is -2.09. The van der Waals surface area contributed by atoms with Crippen molar-refractivity contribution in [1.29, 1.82) is 5.26 Å². The minimum absolute atomic E-state index is 0.305. The molecular formula is C11H16N2O2. The average molecular weight is 208 g/mol. The smallest absolute Gasteiger partial charge is 0.203 e. The van der Waals surface area contributed by atoms with Crippen LogP contribution in [-0.4, -0.2) is 17.8 Å². The van der Waals surface area contributed by atoms with Crippen LogP contribution in [0.1, 0.15) is 31.3 Å². The molecular weight excluding hydrogens is 192 g/mol. The number of hydrogen-bond acceptors (Lipinski definition) is 4. The van der Waals surface area contributed by atoms with E-state index in [1.165, 1.54) is 0 Å². The van der Waals surface area contributed by atoms with E-state index in [0.717, 1.165) is 18.6 Å². The molecule has 0 bridgehead atoms. The van der Waals surface area contributed by atoms with Crippen molar-refractivity contribution < 1.29 is 9.52 Å². The monoisotopic (exact) mass is 208 g/mol. The second-order valence-corrected chi connectivity index (χ2v) is 3.45. The topological polar surface area (TPSA) is 69.2 Å². The van der Waals surface area contributed by atoms with Crippen molar-refractivity contribution in [3.05, 3.63) is 23.7 Å². The van der Waals surface area contributed by atoms with Crippen molar-refractivity contribution in [3.8, 4) is 6.07 Å². The minimum atomic E-state index is -0.305. The maximum absolute atomic E-state index is 9.43. The Morgan fingerprint density at radius 3 is 3.00 bits per heavy atom. The van der Waals surface area contributed by atoms with Crippen LogP contribution < -0.4 is 5.32 Å². The number of nitrogens with zero attached hydrogens (tertiary/aromatic N) is 1. The number of aliphatic hydroxyl groups is 1. The molecule has 0 fully saturated rings. The highest BCUT2D eigenvalue weighted by molar-refractivity contribution is 5.18. The van der Waals surface area contributed by atoms with Gasteiger partial charge in [-0.1, -0.05) is 13.3 Å². The van der Waals surface area contributed by atoms with Crippen LogP contribution in [0, 0.1) is 11.3 Å². The van der Waals surface area contributed by atoms with Crippen molar-refractivity contribution in [2.75, 3.05) is 6.54 Å². The molecule has 4 nitrogen and oxygen atoms in total. The van der Waals surface area contributed by atoms with Crippen LogP contribution in [0.15, 0.2) is 16.5 Å². The molecule has 0 saturated carbocycles. The third-order valence-electron chi connectivity index (χ3n) is 2.07. The molecule has 2 N–H and O–H groups in total. The van der Waals surface area contributed by atoms with Gasteiger partial charge in [0.1, 0.15) is 11.8 Å². The van der Waals surface area contributed by atoms with Crippen molar-refractivity contribution in [2.45, 2.75) is 32.4 Å². The average Bonchev–Trinajstić information content (AvgIpc) is 2.66. The maximum atomic E-state index is 9.43. The molecule has 0 aliphatic rings. The molecule has 0 radical (unpaired) electrons. The molecule has 1 aromatic rings. The first-order chi connectivity index (χ1) is 7.26. The Bertz CT molecular complexity index is 328. The first-order valence-electron chi connectivity index (χ1n) is 5.14. The Kier molecular flexibility index (Phi) is 4.88. The first kappa shape index (κ1) is 11.8. The summed E-state index contributed by atoms with van der Waals surface area (Å²) in [5.41, 5.74) is 0. The Balaban J connectivity index is 2.23. The van der Waals surface area contributed by atoms with Crippen LogP contribution in [0.3, 0.4) is 0 Å². The quantitative estimate of drug-likeness (QED) is 0.741. The Morgan fingerprint density at radius 2 is 2.40 bits per heavy atom. The fraction of sp³-hybridized carbons (Fsp3) is 0.545. The fourth-order valence-electron chi connectivity index (χ4n) is 1.33. The number of rotatable bonds is 6. The summed E-state index contributed by atoms with van der Waals surface area (Å²) in [6.45, 7) is 3.13. The van der Waals surface area contributed by atoms with Crippen molar-refractivity contribution in [2.24, 2.45) is 0 Å². The predicted molar refractivity (Wildman–Crippen MR) is 56.0 cm³/mol. The highest BCUT2D eigenvalue weighted by Crippen LogP contribution is 2.05. The summed E-state index contributed by atoms with van der Waals surface area (Å²) in [5, 5.41) is 21.0. The van der Waals surface area contributed by atoms with Crippen molar-refractivity contribution in [3.63, 3.8) is 0 Å². The molecule has 0 aromatic carbocycles. The van der Waals surface area contributed by atoms with Crippen LogP contribution in [0.5, 0.6) is 0 Å². The summed E-state index contributed by atoms with van der Waals surface area (Å²) in [7, 11) is 0. The van der Waals surface area contributed by atoms with Gasteiger partial charge in [-0.15, -0.1) is 0 Å². The standard InChI is InChI=1S/C11H16N2O2/c1-2-3-9(14)7-13-8-11-5-4-10(6-12)15-11/h4-5,9,13-14H,2-3,7-8H2,1H3. The van der Waals surface area contributed by atoms with Gasteiger partial charge in [0, 0.05) is 6.54 Å². The lowest BCUT2D eigenvalue weighted by Crippen LogP contribution is -2.25. The van der Waals surface area contributed by atoms with Crippen molar-refractivity contribution in [1.82, 2.24) is 5.32 Å². The zero-order valence-corrected chi connectivity index (χ0v) is 8.86. The Morgan fingerprint density at radius 1 is 1.60 bits per heavy atom. The Hall–Kier alpha value is -1.31. The van der Waals surface area contributed by atoms with Gasteiger partial charge in [0.05, 0.1) is 12.6 Å². The third kappa shape index (κ3) is 4.15. The third-order valence-corrected chi connectivity index (χ3v) is 2.07. The maximum Gasteiger partial charge on any atom is 0.203 e.